The van der Waals surface area contributed by atoms with Gasteiger partial charge in [0.05, 0.1) is 10.7 Å². The monoisotopic (exact) mass is 349 g/mol. The number of urea groups is 1. The molecule has 23 heavy (non-hydrogen) atoms. The second-order valence-corrected chi connectivity index (χ2v) is 7.30. The number of carbonyl (C=O) groups excluding carboxylic acids is 1. The highest BCUT2D eigenvalue weighted by Gasteiger charge is 2.32. The number of anilines is 1. The van der Waals surface area contributed by atoms with Gasteiger partial charge in [-0.25, -0.2) is 4.79 Å². The third-order valence-electron chi connectivity index (χ3n) is 4.18. The lowest BCUT2D eigenvalue weighted by molar-refractivity contribution is 0.249. The van der Waals surface area contributed by atoms with E-state index in [9.17, 15) is 4.79 Å². The second-order valence-electron chi connectivity index (χ2n) is 5.92. The van der Waals surface area contributed by atoms with Crippen molar-refractivity contribution in [2.24, 2.45) is 5.92 Å². The number of rotatable bonds is 4. The van der Waals surface area contributed by atoms with Crippen LogP contribution in [0.3, 0.4) is 0 Å². The van der Waals surface area contributed by atoms with E-state index in [2.05, 4.69) is 40.1 Å². The number of likely N-dealkylation sites (N-methyl/N-ethyl adjacent to an activating group) is 1. The molecule has 1 aromatic heterocycles. The maximum Gasteiger partial charge on any atom is 0.319 e. The van der Waals surface area contributed by atoms with Crippen molar-refractivity contribution in [1.82, 2.24) is 10.2 Å². The molecule has 0 aliphatic carbocycles. The summed E-state index contributed by atoms with van der Waals surface area (Å²) < 4.78 is 0. The summed E-state index contributed by atoms with van der Waals surface area (Å²) in [4.78, 5) is 15.8. The SMILES string of the molecule is CN1C[C@H](CNC(=O)Nc2ccccc2Cl)[C@H](c2cccs2)C1. The number of nitrogens with zero attached hydrogens (tertiary/aromatic N) is 1. The van der Waals surface area contributed by atoms with Crippen molar-refractivity contribution in [3.63, 3.8) is 0 Å². The van der Waals surface area contributed by atoms with Gasteiger partial charge in [0.25, 0.3) is 0 Å². The van der Waals surface area contributed by atoms with Gasteiger partial charge in [-0.2, -0.15) is 0 Å². The molecule has 0 spiro atoms. The number of amides is 2. The molecule has 1 aromatic carbocycles. The summed E-state index contributed by atoms with van der Waals surface area (Å²) in [6.07, 6.45) is 0. The van der Waals surface area contributed by atoms with Crippen LogP contribution in [0, 0.1) is 5.92 Å². The minimum Gasteiger partial charge on any atom is -0.338 e. The second kappa shape index (κ2) is 7.34. The van der Waals surface area contributed by atoms with Crippen LogP contribution in [-0.2, 0) is 0 Å². The summed E-state index contributed by atoms with van der Waals surface area (Å²) in [5.41, 5.74) is 0.630. The van der Waals surface area contributed by atoms with Crippen molar-refractivity contribution >= 4 is 34.7 Å². The van der Waals surface area contributed by atoms with Crippen LogP contribution in [0.1, 0.15) is 10.8 Å². The largest absolute Gasteiger partial charge is 0.338 e. The van der Waals surface area contributed by atoms with Gasteiger partial charge in [0.1, 0.15) is 0 Å². The topological polar surface area (TPSA) is 44.4 Å². The molecule has 6 heteroatoms. The number of likely N-dealkylation sites (tertiary alicyclic amines) is 1. The quantitative estimate of drug-likeness (QED) is 0.880. The zero-order chi connectivity index (χ0) is 16.2. The summed E-state index contributed by atoms with van der Waals surface area (Å²) >= 11 is 7.85. The predicted molar refractivity (Wildman–Crippen MR) is 96.5 cm³/mol. The van der Waals surface area contributed by atoms with Crippen LogP contribution in [0.25, 0.3) is 0 Å². The van der Waals surface area contributed by atoms with Crippen LogP contribution in [0.4, 0.5) is 10.5 Å². The summed E-state index contributed by atoms with van der Waals surface area (Å²) in [5.74, 6) is 0.913. The van der Waals surface area contributed by atoms with Crippen molar-refractivity contribution in [1.29, 1.82) is 0 Å². The Balaban J connectivity index is 1.57. The van der Waals surface area contributed by atoms with Crippen LogP contribution in [0.5, 0.6) is 0 Å². The third-order valence-corrected chi connectivity index (χ3v) is 5.51. The number of hydrogen-bond acceptors (Lipinski definition) is 3. The lowest BCUT2D eigenvalue weighted by Crippen LogP contribution is -2.35. The Hall–Kier alpha value is -1.56. The molecule has 2 amide bonds. The van der Waals surface area contributed by atoms with Gasteiger partial charge in [0.15, 0.2) is 0 Å². The first-order valence-corrected chi connectivity index (χ1v) is 8.90. The number of benzene rings is 1. The normalized spacial score (nSPS) is 21.3. The Kier molecular flexibility index (Phi) is 5.20. The van der Waals surface area contributed by atoms with E-state index in [4.69, 9.17) is 11.6 Å². The van der Waals surface area contributed by atoms with Crippen LogP contribution >= 0.6 is 22.9 Å². The number of thiophene rings is 1. The average Bonchev–Trinajstić information content (AvgIpc) is 3.16. The lowest BCUT2D eigenvalue weighted by atomic mass is 9.94. The van der Waals surface area contributed by atoms with E-state index < -0.39 is 0 Å². The Morgan fingerprint density at radius 1 is 1.30 bits per heavy atom. The van der Waals surface area contributed by atoms with Crippen molar-refractivity contribution in [2.45, 2.75) is 5.92 Å². The van der Waals surface area contributed by atoms with Crippen LogP contribution < -0.4 is 10.6 Å². The van der Waals surface area contributed by atoms with Gasteiger partial charge in [-0.15, -0.1) is 11.3 Å². The minimum absolute atomic E-state index is 0.211. The van der Waals surface area contributed by atoms with E-state index >= 15 is 0 Å². The van der Waals surface area contributed by atoms with Gasteiger partial charge in [-0.3, -0.25) is 0 Å². The predicted octanol–water partition coefficient (Wildman–Crippen LogP) is 3.87. The molecule has 0 radical (unpaired) electrons. The maximum absolute atomic E-state index is 12.1. The van der Waals surface area contributed by atoms with E-state index in [0.29, 0.717) is 29.1 Å². The van der Waals surface area contributed by atoms with Gasteiger partial charge in [-0.1, -0.05) is 29.8 Å². The summed E-state index contributed by atoms with van der Waals surface area (Å²) in [6.45, 7) is 2.69. The molecule has 0 unspecified atom stereocenters. The number of hydrogen-bond donors (Lipinski definition) is 2. The van der Waals surface area contributed by atoms with Gasteiger partial charge in [0.2, 0.25) is 0 Å². The Morgan fingerprint density at radius 3 is 2.87 bits per heavy atom. The highest BCUT2D eigenvalue weighted by atomic mass is 35.5. The van der Waals surface area contributed by atoms with Crippen LogP contribution in [0.15, 0.2) is 41.8 Å². The molecule has 1 aliphatic heterocycles. The zero-order valence-corrected chi connectivity index (χ0v) is 14.5. The Bertz CT molecular complexity index is 662. The first-order valence-electron chi connectivity index (χ1n) is 7.65. The highest BCUT2D eigenvalue weighted by molar-refractivity contribution is 7.10. The van der Waals surface area contributed by atoms with Crippen LogP contribution in [0.2, 0.25) is 5.02 Å². The van der Waals surface area contributed by atoms with Gasteiger partial charge in [-0.05, 0) is 36.5 Å². The Morgan fingerprint density at radius 2 is 2.13 bits per heavy atom. The summed E-state index contributed by atoms with van der Waals surface area (Å²) in [7, 11) is 2.13. The first kappa shape index (κ1) is 16.3. The lowest BCUT2D eigenvalue weighted by Gasteiger charge is -2.18. The summed E-state index contributed by atoms with van der Waals surface area (Å²) in [6, 6.07) is 11.3. The average molecular weight is 350 g/mol. The standard InChI is InChI=1S/C17H20ClN3OS/c1-21-10-12(13(11-21)16-7-4-8-23-16)9-19-17(22)20-15-6-3-2-5-14(15)18/h2-8,12-13H,9-11H2,1H3,(H2,19,20,22)/t12-,13+/m0/s1. The molecular formula is C17H20ClN3OS. The highest BCUT2D eigenvalue weighted by Crippen LogP contribution is 2.34. The molecule has 4 nitrogen and oxygen atoms in total. The van der Waals surface area contributed by atoms with Crippen molar-refractivity contribution in [3.05, 3.63) is 51.7 Å². The van der Waals surface area contributed by atoms with E-state index in [-0.39, 0.29) is 6.03 Å². The fourth-order valence-corrected chi connectivity index (χ4v) is 4.17. The van der Waals surface area contributed by atoms with E-state index in [1.807, 2.05) is 12.1 Å². The van der Waals surface area contributed by atoms with Gasteiger partial charge in [0, 0.05) is 30.4 Å². The third kappa shape index (κ3) is 4.05. The molecule has 2 aromatic rings. The summed E-state index contributed by atoms with van der Waals surface area (Å²) in [5, 5.41) is 8.44. The smallest absolute Gasteiger partial charge is 0.319 e. The molecular weight excluding hydrogens is 330 g/mol. The fourth-order valence-electron chi connectivity index (χ4n) is 3.07. The zero-order valence-electron chi connectivity index (χ0n) is 13.0. The molecule has 2 N–H and O–H groups in total. The molecule has 0 bridgehead atoms. The van der Waals surface area contributed by atoms with Crippen molar-refractivity contribution in [3.8, 4) is 0 Å². The molecule has 2 heterocycles. The van der Waals surface area contributed by atoms with Gasteiger partial charge >= 0.3 is 6.03 Å². The number of nitrogens with one attached hydrogen (secondary N) is 2. The maximum atomic E-state index is 12.1. The molecule has 2 atom stereocenters. The van der Waals surface area contributed by atoms with Gasteiger partial charge < -0.3 is 15.5 Å². The van der Waals surface area contributed by atoms with E-state index in [1.165, 1.54) is 4.88 Å². The molecule has 3 rings (SSSR count). The number of para-hydroxylation sites is 1. The number of halogens is 1. The molecule has 1 saturated heterocycles. The van der Waals surface area contributed by atoms with E-state index in [0.717, 1.165) is 13.1 Å². The van der Waals surface area contributed by atoms with Crippen molar-refractivity contribution in [2.75, 3.05) is 32.0 Å². The molecule has 1 fully saturated rings. The minimum atomic E-state index is -0.211. The molecule has 0 saturated carbocycles. The van der Waals surface area contributed by atoms with Crippen LogP contribution in [-0.4, -0.2) is 37.6 Å². The molecule has 1 aliphatic rings. The Labute approximate surface area is 145 Å². The fraction of sp³-hybridized carbons (Fsp3) is 0.353. The first-order chi connectivity index (χ1) is 11.1. The number of carbonyl (C=O) groups is 1. The molecule has 122 valence electrons. The van der Waals surface area contributed by atoms with E-state index in [1.54, 1.807) is 23.5 Å². The van der Waals surface area contributed by atoms with Crippen molar-refractivity contribution < 1.29 is 4.79 Å².